The Bertz CT molecular complexity index is 1040. The molecule has 5 atom stereocenters. The summed E-state index contributed by atoms with van der Waals surface area (Å²) in [4.78, 5) is 36.5. The van der Waals surface area contributed by atoms with Gasteiger partial charge in [0, 0.05) is 34.4 Å². The molecule has 0 aliphatic heterocycles. The van der Waals surface area contributed by atoms with Gasteiger partial charge in [0.25, 0.3) is 0 Å². The number of hydrogen-bond acceptors (Lipinski definition) is 3. The van der Waals surface area contributed by atoms with Crippen LogP contribution in [0.15, 0.2) is 36.5 Å². The standard InChI is InChI=1S/2C15H27NO.C14H25NO/c1-6-7-8-12(10-13-9-11(13)2)14(17)16-15(3,4)5;1-5-6-10-13(11-12-8-7-9-12)14(17)16-15(2,3)4;1-5-6-7-12(10-11-8-9-11)13(16)15-14(2,3)4/h6-7,11-13H,8-10H2,1-5H3,(H,16,17);5-6,12-13H,7-11H2,1-4H3,(H,16,17);5-6,11-12H,7-10H2,1-4H3,(H,15,16)/b7-6+;2*6-5+. The maximum Gasteiger partial charge on any atom is 0.223 e. The topological polar surface area (TPSA) is 87.3 Å². The first-order valence-electron chi connectivity index (χ1n) is 20.0. The predicted octanol–water partition coefficient (Wildman–Crippen LogP) is 10.5. The van der Waals surface area contributed by atoms with Gasteiger partial charge in [0.15, 0.2) is 0 Å². The fourth-order valence-corrected chi connectivity index (χ4v) is 6.23. The Hall–Kier alpha value is -2.37. The first-order valence-corrected chi connectivity index (χ1v) is 20.0. The van der Waals surface area contributed by atoms with E-state index in [0.717, 1.165) is 62.2 Å². The molecule has 6 nitrogen and oxygen atoms in total. The van der Waals surface area contributed by atoms with Crippen molar-refractivity contribution >= 4 is 17.7 Å². The summed E-state index contributed by atoms with van der Waals surface area (Å²) in [7, 11) is 0. The second-order valence-electron chi connectivity index (χ2n) is 18.6. The zero-order chi connectivity index (χ0) is 38.1. The molecular weight excluding hydrogens is 619 g/mol. The van der Waals surface area contributed by atoms with Crippen LogP contribution in [0.4, 0.5) is 0 Å². The Labute approximate surface area is 308 Å². The molecule has 5 unspecified atom stereocenters. The summed E-state index contributed by atoms with van der Waals surface area (Å²) < 4.78 is 0. The lowest BCUT2D eigenvalue weighted by atomic mass is 9.78. The smallest absolute Gasteiger partial charge is 0.223 e. The van der Waals surface area contributed by atoms with Gasteiger partial charge < -0.3 is 16.0 Å². The van der Waals surface area contributed by atoms with Crippen LogP contribution in [0.5, 0.6) is 0 Å². The Morgan fingerprint density at radius 1 is 0.560 bits per heavy atom. The Morgan fingerprint density at radius 3 is 1.08 bits per heavy atom. The van der Waals surface area contributed by atoms with Gasteiger partial charge in [-0.15, -0.1) is 0 Å². The highest BCUT2D eigenvalue weighted by Crippen LogP contribution is 2.43. The van der Waals surface area contributed by atoms with Crippen molar-refractivity contribution in [2.75, 3.05) is 0 Å². The largest absolute Gasteiger partial charge is 0.351 e. The number of carbonyl (C=O) groups excluding carboxylic acids is 3. The molecule has 3 amide bonds. The average Bonchev–Trinajstić information content (AvgIpc) is 3.89. The molecule has 50 heavy (non-hydrogen) atoms. The molecule has 0 bridgehead atoms. The minimum atomic E-state index is -0.125. The van der Waals surface area contributed by atoms with Gasteiger partial charge in [-0.1, -0.05) is 75.5 Å². The highest BCUT2D eigenvalue weighted by Gasteiger charge is 2.36. The van der Waals surface area contributed by atoms with Gasteiger partial charge in [-0.3, -0.25) is 14.4 Å². The number of nitrogens with one attached hydrogen (secondary N) is 3. The quantitative estimate of drug-likeness (QED) is 0.149. The summed E-state index contributed by atoms with van der Waals surface area (Å²) in [5, 5.41) is 9.30. The highest BCUT2D eigenvalue weighted by molar-refractivity contribution is 5.80. The molecule has 0 spiro atoms. The van der Waals surface area contributed by atoms with Gasteiger partial charge in [0.2, 0.25) is 17.7 Å². The molecule has 288 valence electrons. The number of rotatable bonds is 15. The molecule has 3 fully saturated rings. The molecule has 0 heterocycles. The zero-order valence-electron chi connectivity index (χ0n) is 34.7. The van der Waals surface area contributed by atoms with E-state index in [0.29, 0.717) is 0 Å². The summed E-state index contributed by atoms with van der Waals surface area (Å²) in [5.74, 6) is 4.34. The summed E-state index contributed by atoms with van der Waals surface area (Å²) in [6.07, 6.45) is 26.2. The fraction of sp³-hybridized carbons (Fsp3) is 0.795. The van der Waals surface area contributed by atoms with Gasteiger partial charge in [-0.25, -0.2) is 0 Å². The van der Waals surface area contributed by atoms with E-state index in [1.807, 2.05) is 101 Å². The highest BCUT2D eigenvalue weighted by atomic mass is 16.2. The second kappa shape index (κ2) is 21.9. The summed E-state index contributed by atoms with van der Waals surface area (Å²) in [6.45, 7) is 26.7. The van der Waals surface area contributed by atoms with Crippen LogP contribution in [0.3, 0.4) is 0 Å². The first kappa shape index (κ1) is 45.7. The van der Waals surface area contributed by atoms with Crippen molar-refractivity contribution in [1.29, 1.82) is 0 Å². The lowest BCUT2D eigenvalue weighted by Crippen LogP contribution is -2.44. The number of hydrogen-bond donors (Lipinski definition) is 3. The third-order valence-corrected chi connectivity index (χ3v) is 9.60. The van der Waals surface area contributed by atoms with E-state index in [4.69, 9.17) is 0 Å². The molecule has 0 radical (unpaired) electrons. The Kier molecular flexibility index (Phi) is 20.0. The number of amides is 3. The third-order valence-electron chi connectivity index (χ3n) is 9.60. The van der Waals surface area contributed by atoms with Crippen LogP contribution >= 0.6 is 0 Å². The Balaban J connectivity index is 0.000000375. The summed E-state index contributed by atoms with van der Waals surface area (Å²) in [5.41, 5.74) is -0.361. The summed E-state index contributed by atoms with van der Waals surface area (Å²) in [6, 6.07) is 0. The minimum Gasteiger partial charge on any atom is -0.351 e. The number of carbonyl (C=O) groups is 3. The van der Waals surface area contributed by atoms with Crippen LogP contribution in [0, 0.1) is 41.4 Å². The van der Waals surface area contributed by atoms with Gasteiger partial charge in [-0.05, 0) is 152 Å². The normalized spacial score (nSPS) is 21.3. The van der Waals surface area contributed by atoms with Crippen LogP contribution in [0.1, 0.15) is 167 Å². The maximum atomic E-state index is 12.2. The fourth-order valence-electron chi connectivity index (χ4n) is 6.23. The van der Waals surface area contributed by atoms with Crippen LogP contribution < -0.4 is 16.0 Å². The molecule has 3 aliphatic rings. The lowest BCUT2D eigenvalue weighted by Gasteiger charge is -2.30. The van der Waals surface area contributed by atoms with E-state index in [1.165, 1.54) is 38.5 Å². The zero-order valence-corrected chi connectivity index (χ0v) is 34.7. The third kappa shape index (κ3) is 22.4. The number of allylic oxidation sites excluding steroid dienone is 6. The van der Waals surface area contributed by atoms with Crippen molar-refractivity contribution in [3.63, 3.8) is 0 Å². The lowest BCUT2D eigenvalue weighted by molar-refractivity contribution is -0.127. The van der Waals surface area contributed by atoms with Gasteiger partial charge in [-0.2, -0.15) is 0 Å². The van der Waals surface area contributed by atoms with E-state index in [2.05, 4.69) is 41.1 Å². The van der Waals surface area contributed by atoms with Crippen molar-refractivity contribution in [2.24, 2.45) is 41.4 Å². The van der Waals surface area contributed by atoms with E-state index >= 15 is 0 Å². The van der Waals surface area contributed by atoms with E-state index in [9.17, 15) is 14.4 Å². The first-order chi connectivity index (χ1) is 23.2. The van der Waals surface area contributed by atoms with E-state index in [-0.39, 0.29) is 52.1 Å². The predicted molar refractivity (Wildman–Crippen MR) is 214 cm³/mol. The van der Waals surface area contributed by atoms with Crippen molar-refractivity contribution in [1.82, 2.24) is 16.0 Å². The monoisotopic (exact) mass is 698 g/mol. The SMILES string of the molecule is C/C=C/CC(CC1CC1)C(=O)NC(C)(C)C.C/C=C/CC(CC1CC1C)C(=O)NC(C)(C)C.C/C=C/CC(CC1CCC1)C(=O)NC(C)(C)C. The van der Waals surface area contributed by atoms with Gasteiger partial charge in [0.05, 0.1) is 0 Å². The molecule has 3 aliphatic carbocycles. The minimum absolute atomic E-state index is 0.116. The molecule has 0 aromatic rings. The molecule has 0 aromatic heterocycles. The van der Waals surface area contributed by atoms with Crippen molar-refractivity contribution in [2.45, 2.75) is 184 Å². The van der Waals surface area contributed by atoms with E-state index in [1.54, 1.807) is 0 Å². The molecule has 3 N–H and O–H groups in total. The van der Waals surface area contributed by atoms with Crippen LogP contribution in [-0.4, -0.2) is 34.3 Å². The molecule has 3 saturated carbocycles. The Morgan fingerprint density at radius 2 is 0.860 bits per heavy atom. The van der Waals surface area contributed by atoms with Gasteiger partial charge >= 0.3 is 0 Å². The van der Waals surface area contributed by atoms with Crippen LogP contribution in [0.2, 0.25) is 0 Å². The molecule has 0 aromatic carbocycles. The molecule has 0 saturated heterocycles. The molecule has 6 heteroatoms. The van der Waals surface area contributed by atoms with Crippen molar-refractivity contribution in [3.05, 3.63) is 36.5 Å². The molecular formula is C44H79N3O3. The van der Waals surface area contributed by atoms with Gasteiger partial charge in [0.1, 0.15) is 0 Å². The second-order valence-corrected chi connectivity index (χ2v) is 18.6. The molecule has 3 rings (SSSR count). The van der Waals surface area contributed by atoms with Crippen LogP contribution in [0.25, 0.3) is 0 Å². The van der Waals surface area contributed by atoms with Crippen LogP contribution in [-0.2, 0) is 14.4 Å². The maximum absolute atomic E-state index is 12.2. The summed E-state index contributed by atoms with van der Waals surface area (Å²) >= 11 is 0. The average molecular weight is 698 g/mol. The van der Waals surface area contributed by atoms with Crippen molar-refractivity contribution in [3.8, 4) is 0 Å². The van der Waals surface area contributed by atoms with Crippen molar-refractivity contribution < 1.29 is 14.4 Å². The van der Waals surface area contributed by atoms with E-state index < -0.39 is 0 Å².